The molecule has 0 rings (SSSR count). The summed E-state index contributed by atoms with van der Waals surface area (Å²) in [5.74, 6) is 0.534. The number of hydrogen-bond donors (Lipinski definition) is 0. The molecule has 0 fully saturated rings. The standard InChI is InChI=1S/C5H6BrCl/c1-2-5(6)3-4-7/h2-3H,1,4H2/b5-3-. The van der Waals surface area contributed by atoms with Gasteiger partial charge in [0.1, 0.15) is 0 Å². The topological polar surface area (TPSA) is 0 Å². The van der Waals surface area contributed by atoms with Gasteiger partial charge < -0.3 is 0 Å². The molecule has 0 aromatic carbocycles. The maximum absolute atomic E-state index is 5.32. The van der Waals surface area contributed by atoms with E-state index in [1.165, 1.54) is 0 Å². The van der Waals surface area contributed by atoms with E-state index in [2.05, 4.69) is 22.5 Å². The molecular weight excluding hydrogens is 175 g/mol. The summed E-state index contributed by atoms with van der Waals surface area (Å²) in [4.78, 5) is 0. The Morgan fingerprint density at radius 2 is 2.43 bits per heavy atom. The molecule has 0 N–H and O–H groups in total. The van der Waals surface area contributed by atoms with Gasteiger partial charge in [-0.15, -0.1) is 11.6 Å². The highest BCUT2D eigenvalue weighted by atomic mass is 79.9. The smallest absolute Gasteiger partial charge is 0.0417 e. The van der Waals surface area contributed by atoms with Crippen LogP contribution in [0.25, 0.3) is 0 Å². The van der Waals surface area contributed by atoms with Gasteiger partial charge in [0.2, 0.25) is 0 Å². The normalized spacial score (nSPS) is 11.4. The first-order valence-electron chi connectivity index (χ1n) is 1.85. The molecule has 0 atom stereocenters. The Labute approximate surface area is 57.0 Å². The molecule has 2 heteroatoms. The van der Waals surface area contributed by atoms with Crippen molar-refractivity contribution in [3.05, 3.63) is 23.2 Å². The quantitative estimate of drug-likeness (QED) is 0.454. The van der Waals surface area contributed by atoms with E-state index in [-0.39, 0.29) is 0 Å². The van der Waals surface area contributed by atoms with Gasteiger partial charge in [0.25, 0.3) is 0 Å². The van der Waals surface area contributed by atoms with E-state index in [9.17, 15) is 0 Å². The number of alkyl halides is 1. The molecule has 0 nitrogen and oxygen atoms in total. The van der Waals surface area contributed by atoms with E-state index in [0.29, 0.717) is 5.88 Å². The monoisotopic (exact) mass is 180 g/mol. The molecule has 0 unspecified atom stereocenters. The number of halogens is 2. The molecule has 0 aromatic heterocycles. The van der Waals surface area contributed by atoms with Gasteiger partial charge in [0.15, 0.2) is 0 Å². The Hall–Kier alpha value is 0.250. The maximum atomic E-state index is 5.32. The average Bonchev–Trinajstić information content (AvgIpc) is 1.68. The summed E-state index contributed by atoms with van der Waals surface area (Å²) >= 11 is 8.52. The Kier molecular flexibility index (Phi) is 4.57. The fraction of sp³-hybridized carbons (Fsp3) is 0.200. The van der Waals surface area contributed by atoms with Crippen molar-refractivity contribution >= 4 is 27.5 Å². The lowest BCUT2D eigenvalue weighted by Gasteiger charge is -1.79. The van der Waals surface area contributed by atoms with Crippen molar-refractivity contribution in [2.24, 2.45) is 0 Å². The number of allylic oxidation sites excluding steroid dienone is 3. The van der Waals surface area contributed by atoms with Crippen LogP contribution in [0.3, 0.4) is 0 Å². The Morgan fingerprint density at radius 1 is 1.86 bits per heavy atom. The molecule has 0 saturated carbocycles. The first-order chi connectivity index (χ1) is 3.31. The van der Waals surface area contributed by atoms with Crippen LogP contribution in [0, 0.1) is 0 Å². The predicted molar refractivity (Wildman–Crippen MR) is 37.9 cm³/mol. The van der Waals surface area contributed by atoms with Crippen molar-refractivity contribution in [2.45, 2.75) is 0 Å². The zero-order valence-electron chi connectivity index (χ0n) is 3.82. The molecule has 0 saturated heterocycles. The summed E-state index contributed by atoms with van der Waals surface area (Å²) in [7, 11) is 0. The zero-order valence-corrected chi connectivity index (χ0v) is 6.17. The van der Waals surface area contributed by atoms with Crippen LogP contribution in [0.4, 0.5) is 0 Å². The van der Waals surface area contributed by atoms with Crippen LogP contribution in [-0.4, -0.2) is 5.88 Å². The molecule has 0 amide bonds. The second-order valence-corrected chi connectivity index (χ2v) is 2.17. The van der Waals surface area contributed by atoms with Gasteiger partial charge in [-0.05, 0) is 0 Å². The first kappa shape index (κ1) is 7.25. The molecule has 0 spiro atoms. The number of hydrogen-bond acceptors (Lipinski definition) is 0. The lowest BCUT2D eigenvalue weighted by atomic mass is 10.5. The Bertz CT molecular complexity index is 86.1. The molecule has 40 valence electrons. The van der Waals surface area contributed by atoms with Crippen LogP contribution in [0.5, 0.6) is 0 Å². The molecule has 0 heterocycles. The van der Waals surface area contributed by atoms with E-state index < -0.39 is 0 Å². The zero-order chi connectivity index (χ0) is 5.70. The fourth-order valence-corrected chi connectivity index (χ4v) is 0.672. The summed E-state index contributed by atoms with van der Waals surface area (Å²) < 4.78 is 0.947. The van der Waals surface area contributed by atoms with Crippen LogP contribution < -0.4 is 0 Å². The minimum atomic E-state index is 0.534. The maximum Gasteiger partial charge on any atom is 0.0417 e. The van der Waals surface area contributed by atoms with Crippen molar-refractivity contribution in [3.8, 4) is 0 Å². The highest BCUT2D eigenvalue weighted by Gasteiger charge is 1.75. The third kappa shape index (κ3) is 4.10. The molecule has 0 aliphatic heterocycles. The minimum absolute atomic E-state index is 0.534. The molecule has 7 heavy (non-hydrogen) atoms. The summed E-state index contributed by atoms with van der Waals surface area (Å²) in [6.07, 6.45) is 3.52. The van der Waals surface area contributed by atoms with E-state index in [0.717, 1.165) is 4.48 Å². The summed E-state index contributed by atoms with van der Waals surface area (Å²) in [6, 6.07) is 0. The van der Waals surface area contributed by atoms with E-state index in [1.807, 2.05) is 6.08 Å². The summed E-state index contributed by atoms with van der Waals surface area (Å²) in [5, 5.41) is 0. The highest BCUT2D eigenvalue weighted by molar-refractivity contribution is 9.11. The molecule has 0 bridgehead atoms. The molecule has 0 aromatic rings. The summed E-state index contributed by atoms with van der Waals surface area (Å²) in [5.41, 5.74) is 0. The number of rotatable bonds is 2. The Morgan fingerprint density at radius 3 is 2.57 bits per heavy atom. The van der Waals surface area contributed by atoms with Crippen LogP contribution in [0.2, 0.25) is 0 Å². The van der Waals surface area contributed by atoms with E-state index >= 15 is 0 Å². The second kappa shape index (κ2) is 4.41. The lowest BCUT2D eigenvalue weighted by Crippen LogP contribution is -1.61. The largest absolute Gasteiger partial charge is 0.122 e. The molecular formula is C5H6BrCl. The Balaban J connectivity index is 3.49. The fourth-order valence-electron chi connectivity index (χ4n) is 0.157. The second-order valence-electron chi connectivity index (χ2n) is 0.947. The third-order valence-electron chi connectivity index (χ3n) is 0.467. The summed E-state index contributed by atoms with van der Waals surface area (Å²) in [6.45, 7) is 3.51. The van der Waals surface area contributed by atoms with Crippen LogP contribution >= 0.6 is 27.5 Å². The molecule has 0 aliphatic carbocycles. The van der Waals surface area contributed by atoms with Crippen molar-refractivity contribution in [1.29, 1.82) is 0 Å². The van der Waals surface area contributed by atoms with Crippen molar-refractivity contribution < 1.29 is 0 Å². The van der Waals surface area contributed by atoms with Gasteiger partial charge in [-0.1, -0.05) is 34.7 Å². The van der Waals surface area contributed by atoms with Crippen LogP contribution in [0.15, 0.2) is 23.2 Å². The van der Waals surface area contributed by atoms with Crippen LogP contribution in [0.1, 0.15) is 0 Å². The van der Waals surface area contributed by atoms with Gasteiger partial charge in [-0.3, -0.25) is 0 Å². The van der Waals surface area contributed by atoms with Crippen molar-refractivity contribution in [2.75, 3.05) is 5.88 Å². The van der Waals surface area contributed by atoms with E-state index in [4.69, 9.17) is 11.6 Å². The minimum Gasteiger partial charge on any atom is -0.122 e. The van der Waals surface area contributed by atoms with Gasteiger partial charge in [-0.2, -0.15) is 0 Å². The average molecular weight is 181 g/mol. The van der Waals surface area contributed by atoms with Gasteiger partial charge >= 0.3 is 0 Å². The SMILES string of the molecule is C=C/C(Br)=C/CCl. The van der Waals surface area contributed by atoms with Crippen LogP contribution in [-0.2, 0) is 0 Å². The van der Waals surface area contributed by atoms with Gasteiger partial charge in [0.05, 0.1) is 0 Å². The third-order valence-corrected chi connectivity index (χ3v) is 1.27. The van der Waals surface area contributed by atoms with E-state index in [1.54, 1.807) is 6.08 Å². The lowest BCUT2D eigenvalue weighted by molar-refractivity contribution is 1.73. The molecule has 0 radical (unpaired) electrons. The predicted octanol–water partition coefficient (Wildman–Crippen LogP) is 2.69. The van der Waals surface area contributed by atoms with Crippen molar-refractivity contribution in [1.82, 2.24) is 0 Å². The van der Waals surface area contributed by atoms with Crippen molar-refractivity contribution in [3.63, 3.8) is 0 Å². The molecule has 0 aliphatic rings. The first-order valence-corrected chi connectivity index (χ1v) is 3.18. The highest BCUT2D eigenvalue weighted by Crippen LogP contribution is 2.04. The van der Waals surface area contributed by atoms with Gasteiger partial charge in [0, 0.05) is 10.4 Å². The van der Waals surface area contributed by atoms with Gasteiger partial charge in [-0.25, -0.2) is 0 Å².